The average molecular weight is 290 g/mol. The number of anilines is 1. The lowest BCUT2D eigenvalue weighted by Crippen LogP contribution is -2.31. The van der Waals surface area contributed by atoms with E-state index in [2.05, 4.69) is 0 Å². The maximum Gasteiger partial charge on any atom is 0.338 e. The van der Waals surface area contributed by atoms with Crippen LogP contribution in [0.15, 0.2) is 24.3 Å². The lowest BCUT2D eigenvalue weighted by molar-refractivity contribution is -0.125. The molecular weight excluding hydrogens is 276 g/mol. The van der Waals surface area contributed by atoms with Gasteiger partial charge in [0.25, 0.3) is 5.91 Å². The van der Waals surface area contributed by atoms with E-state index in [-0.39, 0.29) is 30.2 Å². The molecule has 1 aromatic carbocycles. The summed E-state index contributed by atoms with van der Waals surface area (Å²) in [5, 5.41) is 0. The molecule has 1 heterocycles. The predicted molar refractivity (Wildman–Crippen MR) is 72.2 cm³/mol. The van der Waals surface area contributed by atoms with Crippen LogP contribution >= 0.6 is 0 Å². The topological polar surface area (TPSA) is 107 Å². The highest BCUT2D eigenvalue weighted by Crippen LogP contribution is 2.23. The molecule has 110 valence electrons. The first-order valence-corrected chi connectivity index (χ1v) is 6.36. The second-order valence-electron chi connectivity index (χ2n) is 4.62. The first kappa shape index (κ1) is 14.7. The van der Waals surface area contributed by atoms with Crippen LogP contribution in [0.2, 0.25) is 0 Å². The van der Waals surface area contributed by atoms with Gasteiger partial charge in [-0.2, -0.15) is 0 Å². The van der Waals surface area contributed by atoms with E-state index in [9.17, 15) is 19.2 Å². The lowest BCUT2D eigenvalue weighted by Gasteiger charge is -2.15. The summed E-state index contributed by atoms with van der Waals surface area (Å²) in [6.45, 7) is 1.36. The van der Waals surface area contributed by atoms with Crippen LogP contribution < -0.4 is 10.6 Å². The van der Waals surface area contributed by atoms with Crippen molar-refractivity contribution in [1.82, 2.24) is 0 Å². The van der Waals surface area contributed by atoms with Gasteiger partial charge in [0.15, 0.2) is 6.10 Å². The van der Waals surface area contributed by atoms with E-state index in [4.69, 9.17) is 10.5 Å². The summed E-state index contributed by atoms with van der Waals surface area (Å²) in [4.78, 5) is 47.1. The van der Waals surface area contributed by atoms with Crippen molar-refractivity contribution in [3.05, 3.63) is 29.8 Å². The number of esters is 1. The minimum Gasteiger partial charge on any atom is -0.449 e. The summed E-state index contributed by atoms with van der Waals surface area (Å²) >= 11 is 0. The number of primary amides is 1. The maximum atomic E-state index is 11.9. The third kappa shape index (κ3) is 3.07. The van der Waals surface area contributed by atoms with Gasteiger partial charge in [-0.3, -0.25) is 19.3 Å². The molecule has 0 bridgehead atoms. The Labute approximate surface area is 120 Å². The first-order valence-electron chi connectivity index (χ1n) is 6.36. The molecule has 0 spiro atoms. The van der Waals surface area contributed by atoms with Crippen molar-refractivity contribution in [3.63, 3.8) is 0 Å². The minimum absolute atomic E-state index is 0.133. The number of nitrogens with two attached hydrogens (primary N) is 1. The SMILES string of the molecule is C[C@H](OC(=O)c1cccc(N2C(=O)CCC2=O)c1)C(N)=O. The number of carbonyl (C=O) groups excluding carboxylic acids is 4. The molecule has 1 fully saturated rings. The molecule has 7 heteroatoms. The number of benzene rings is 1. The van der Waals surface area contributed by atoms with E-state index in [1.807, 2.05) is 0 Å². The van der Waals surface area contributed by atoms with Gasteiger partial charge in [0, 0.05) is 12.8 Å². The summed E-state index contributed by atoms with van der Waals surface area (Å²) in [5.41, 5.74) is 5.46. The normalized spacial score (nSPS) is 16.0. The third-order valence-electron chi connectivity index (χ3n) is 3.08. The summed E-state index contributed by atoms with van der Waals surface area (Å²) in [6, 6.07) is 5.91. The van der Waals surface area contributed by atoms with Crippen molar-refractivity contribution in [2.24, 2.45) is 5.73 Å². The van der Waals surface area contributed by atoms with E-state index >= 15 is 0 Å². The zero-order chi connectivity index (χ0) is 15.6. The highest BCUT2D eigenvalue weighted by molar-refractivity contribution is 6.20. The average Bonchev–Trinajstić information content (AvgIpc) is 2.78. The van der Waals surface area contributed by atoms with Crippen molar-refractivity contribution < 1.29 is 23.9 Å². The fraction of sp³-hybridized carbons (Fsp3) is 0.286. The number of nitrogens with zero attached hydrogens (tertiary/aromatic N) is 1. The minimum atomic E-state index is -1.06. The van der Waals surface area contributed by atoms with Crippen LogP contribution in [0.25, 0.3) is 0 Å². The lowest BCUT2D eigenvalue weighted by atomic mass is 10.2. The molecule has 0 radical (unpaired) electrons. The van der Waals surface area contributed by atoms with Gasteiger partial charge >= 0.3 is 5.97 Å². The fourth-order valence-electron chi connectivity index (χ4n) is 1.92. The van der Waals surface area contributed by atoms with Gasteiger partial charge in [-0.15, -0.1) is 0 Å². The molecule has 7 nitrogen and oxygen atoms in total. The van der Waals surface area contributed by atoms with Crippen LogP contribution in [0.1, 0.15) is 30.1 Å². The molecular formula is C14H14N2O5. The summed E-state index contributed by atoms with van der Waals surface area (Å²) in [7, 11) is 0. The van der Waals surface area contributed by atoms with Gasteiger partial charge in [0.1, 0.15) is 0 Å². The molecule has 0 aliphatic carbocycles. The summed E-state index contributed by atoms with van der Waals surface area (Å²) in [5.74, 6) is -2.13. The zero-order valence-electron chi connectivity index (χ0n) is 11.4. The maximum absolute atomic E-state index is 11.9. The van der Waals surface area contributed by atoms with E-state index in [0.29, 0.717) is 5.69 Å². The van der Waals surface area contributed by atoms with Crippen molar-refractivity contribution in [3.8, 4) is 0 Å². The fourth-order valence-corrected chi connectivity index (χ4v) is 1.92. The quantitative estimate of drug-likeness (QED) is 0.637. The van der Waals surface area contributed by atoms with Crippen LogP contribution in [-0.2, 0) is 19.1 Å². The van der Waals surface area contributed by atoms with Crippen LogP contribution in [0.3, 0.4) is 0 Å². The van der Waals surface area contributed by atoms with E-state index < -0.39 is 18.0 Å². The van der Waals surface area contributed by atoms with Crippen molar-refractivity contribution in [2.45, 2.75) is 25.9 Å². The van der Waals surface area contributed by atoms with Gasteiger partial charge in [-0.05, 0) is 25.1 Å². The molecule has 2 rings (SSSR count). The van der Waals surface area contributed by atoms with E-state index in [0.717, 1.165) is 4.90 Å². The van der Waals surface area contributed by atoms with Crippen LogP contribution in [0, 0.1) is 0 Å². The van der Waals surface area contributed by atoms with E-state index in [1.165, 1.54) is 25.1 Å². The Morgan fingerprint density at radius 2 is 1.86 bits per heavy atom. The Kier molecular flexibility index (Phi) is 4.02. The van der Waals surface area contributed by atoms with Gasteiger partial charge in [0.05, 0.1) is 11.3 Å². The monoisotopic (exact) mass is 290 g/mol. The van der Waals surface area contributed by atoms with Crippen molar-refractivity contribution in [2.75, 3.05) is 4.90 Å². The number of rotatable bonds is 4. The van der Waals surface area contributed by atoms with Crippen molar-refractivity contribution in [1.29, 1.82) is 0 Å². The summed E-state index contributed by atoms with van der Waals surface area (Å²) in [6.07, 6.45) is -0.741. The second-order valence-corrected chi connectivity index (χ2v) is 4.62. The molecule has 0 saturated carbocycles. The Morgan fingerprint density at radius 1 is 1.24 bits per heavy atom. The molecule has 1 atom stereocenters. The molecule has 3 amide bonds. The van der Waals surface area contributed by atoms with Gasteiger partial charge in [-0.25, -0.2) is 4.79 Å². The first-order chi connectivity index (χ1) is 9.90. The zero-order valence-corrected chi connectivity index (χ0v) is 11.4. The van der Waals surface area contributed by atoms with E-state index in [1.54, 1.807) is 6.07 Å². The van der Waals surface area contributed by atoms with Crippen LogP contribution in [-0.4, -0.2) is 29.8 Å². The largest absolute Gasteiger partial charge is 0.449 e. The predicted octanol–water partition coefficient (Wildman–Crippen LogP) is 0.371. The number of amides is 3. The Hall–Kier alpha value is -2.70. The van der Waals surface area contributed by atoms with Gasteiger partial charge in [-0.1, -0.05) is 6.07 Å². The molecule has 1 saturated heterocycles. The molecule has 21 heavy (non-hydrogen) atoms. The van der Waals surface area contributed by atoms with Gasteiger partial charge < -0.3 is 10.5 Å². The van der Waals surface area contributed by atoms with Crippen molar-refractivity contribution >= 4 is 29.4 Å². The third-order valence-corrected chi connectivity index (χ3v) is 3.08. The smallest absolute Gasteiger partial charge is 0.338 e. The number of imide groups is 1. The molecule has 1 aromatic rings. The molecule has 0 aromatic heterocycles. The number of ether oxygens (including phenoxy) is 1. The Morgan fingerprint density at radius 3 is 2.43 bits per heavy atom. The molecule has 2 N–H and O–H groups in total. The second kappa shape index (κ2) is 5.74. The highest BCUT2D eigenvalue weighted by atomic mass is 16.5. The van der Waals surface area contributed by atoms with Crippen LogP contribution in [0.4, 0.5) is 5.69 Å². The Bertz CT molecular complexity index is 610. The number of hydrogen-bond acceptors (Lipinski definition) is 5. The summed E-state index contributed by atoms with van der Waals surface area (Å²) < 4.78 is 4.87. The standard InChI is InChI=1S/C14H14N2O5/c1-8(13(15)19)21-14(20)9-3-2-4-10(7-9)16-11(17)5-6-12(16)18/h2-4,7-8H,5-6H2,1H3,(H2,15,19)/t8-/m0/s1. The molecule has 1 aliphatic heterocycles. The molecule has 0 unspecified atom stereocenters. The number of hydrogen-bond donors (Lipinski definition) is 1. The number of carbonyl (C=O) groups is 4. The molecule has 1 aliphatic rings. The highest BCUT2D eigenvalue weighted by Gasteiger charge is 2.30. The van der Waals surface area contributed by atoms with Crippen LogP contribution in [0.5, 0.6) is 0 Å². The Balaban J connectivity index is 2.22. The van der Waals surface area contributed by atoms with Gasteiger partial charge in [0.2, 0.25) is 11.8 Å².